The van der Waals surface area contributed by atoms with E-state index in [9.17, 15) is 4.79 Å². The Labute approximate surface area is 97.6 Å². The number of nitrogens with zero attached hydrogens (tertiary/aromatic N) is 1. The van der Waals surface area contributed by atoms with Crippen LogP contribution in [-0.2, 0) is 6.54 Å². The van der Waals surface area contributed by atoms with Crippen LogP contribution in [-0.4, -0.2) is 9.78 Å². The summed E-state index contributed by atoms with van der Waals surface area (Å²) in [6.45, 7) is 2.38. The lowest BCUT2D eigenvalue weighted by Crippen LogP contribution is -2.16. The Kier molecular flexibility index (Phi) is 2.75. The highest BCUT2D eigenvalue weighted by atomic mass is 35.5. The van der Waals surface area contributed by atoms with Gasteiger partial charge >= 0.3 is 0 Å². The first-order valence-electron chi connectivity index (χ1n) is 4.86. The molecular formula is C11H12ClN3O. The maximum Gasteiger partial charge on any atom is 0.268 e. The van der Waals surface area contributed by atoms with Gasteiger partial charge in [-0.25, -0.2) is 4.68 Å². The minimum Gasteiger partial charge on any atom is -0.384 e. The minimum atomic E-state index is -0.144. The van der Waals surface area contributed by atoms with Gasteiger partial charge in [-0.3, -0.25) is 9.89 Å². The molecule has 2 aromatic rings. The van der Waals surface area contributed by atoms with Gasteiger partial charge in [0.1, 0.15) is 5.82 Å². The van der Waals surface area contributed by atoms with Crippen molar-refractivity contribution in [2.24, 2.45) is 0 Å². The summed E-state index contributed by atoms with van der Waals surface area (Å²) in [7, 11) is 0. The topological polar surface area (TPSA) is 63.8 Å². The second kappa shape index (κ2) is 4.06. The molecule has 0 atom stereocenters. The average molecular weight is 238 g/mol. The molecule has 1 aromatic carbocycles. The van der Waals surface area contributed by atoms with Crippen LogP contribution in [0.5, 0.6) is 0 Å². The first-order chi connectivity index (χ1) is 7.56. The standard InChI is InChI=1S/C11H12ClN3O/c1-7-2-3-8(4-9(7)12)6-15-11(16)5-10(13)14-15/h2-5,14H,6,13H2,1H3. The highest BCUT2D eigenvalue weighted by Gasteiger charge is 2.03. The van der Waals surface area contributed by atoms with Crippen LogP contribution < -0.4 is 11.3 Å². The highest BCUT2D eigenvalue weighted by molar-refractivity contribution is 6.31. The molecule has 0 amide bonds. The lowest BCUT2D eigenvalue weighted by molar-refractivity contribution is 0.666. The van der Waals surface area contributed by atoms with E-state index in [0.29, 0.717) is 17.4 Å². The van der Waals surface area contributed by atoms with E-state index in [-0.39, 0.29) is 5.56 Å². The zero-order chi connectivity index (χ0) is 11.7. The Bertz CT molecular complexity index is 571. The largest absolute Gasteiger partial charge is 0.384 e. The van der Waals surface area contributed by atoms with E-state index >= 15 is 0 Å². The molecule has 0 aliphatic heterocycles. The number of nitrogen functional groups attached to an aromatic ring is 1. The van der Waals surface area contributed by atoms with E-state index in [1.54, 1.807) is 0 Å². The molecule has 5 heteroatoms. The number of benzene rings is 1. The van der Waals surface area contributed by atoms with Crippen LogP contribution in [0.15, 0.2) is 29.1 Å². The normalized spacial score (nSPS) is 10.6. The summed E-state index contributed by atoms with van der Waals surface area (Å²) < 4.78 is 1.44. The molecule has 0 radical (unpaired) electrons. The molecule has 0 fully saturated rings. The second-order valence-electron chi connectivity index (χ2n) is 3.72. The summed E-state index contributed by atoms with van der Waals surface area (Å²) in [6.07, 6.45) is 0. The molecule has 1 heterocycles. The van der Waals surface area contributed by atoms with Gasteiger partial charge in [0.15, 0.2) is 0 Å². The van der Waals surface area contributed by atoms with Gasteiger partial charge in [0.05, 0.1) is 6.54 Å². The molecule has 0 saturated heterocycles. The molecule has 4 nitrogen and oxygen atoms in total. The van der Waals surface area contributed by atoms with Crippen molar-refractivity contribution in [3.8, 4) is 0 Å². The summed E-state index contributed by atoms with van der Waals surface area (Å²) in [6, 6.07) is 7.07. The summed E-state index contributed by atoms with van der Waals surface area (Å²) in [5.74, 6) is 0.364. The predicted octanol–water partition coefficient (Wildman–Crippen LogP) is 1.77. The number of hydrogen-bond donors (Lipinski definition) is 2. The molecule has 0 aliphatic carbocycles. The summed E-state index contributed by atoms with van der Waals surface area (Å²) >= 11 is 6.00. The first-order valence-corrected chi connectivity index (χ1v) is 5.24. The van der Waals surface area contributed by atoms with Crippen molar-refractivity contribution in [1.82, 2.24) is 9.78 Å². The lowest BCUT2D eigenvalue weighted by atomic mass is 10.1. The molecule has 0 saturated carbocycles. The molecule has 2 rings (SSSR count). The van der Waals surface area contributed by atoms with Gasteiger partial charge < -0.3 is 5.73 Å². The number of halogens is 1. The Morgan fingerprint density at radius 1 is 1.44 bits per heavy atom. The van der Waals surface area contributed by atoms with E-state index in [2.05, 4.69) is 5.10 Å². The maximum atomic E-state index is 11.4. The Hall–Kier alpha value is -1.68. The number of aromatic nitrogens is 2. The number of anilines is 1. The molecule has 0 aliphatic rings. The number of rotatable bonds is 2. The summed E-state index contributed by atoms with van der Waals surface area (Å²) in [4.78, 5) is 11.4. The van der Waals surface area contributed by atoms with E-state index in [4.69, 9.17) is 17.3 Å². The number of aryl methyl sites for hydroxylation is 1. The Morgan fingerprint density at radius 2 is 2.19 bits per heavy atom. The third kappa shape index (κ3) is 2.12. The van der Waals surface area contributed by atoms with Gasteiger partial charge in [0.25, 0.3) is 5.56 Å². The fourth-order valence-electron chi connectivity index (χ4n) is 1.49. The third-order valence-corrected chi connectivity index (χ3v) is 2.79. The number of hydrogen-bond acceptors (Lipinski definition) is 2. The molecule has 0 unspecified atom stereocenters. The number of H-pyrrole nitrogens is 1. The quantitative estimate of drug-likeness (QED) is 0.836. The number of nitrogens with two attached hydrogens (primary N) is 1. The van der Waals surface area contributed by atoms with Crippen molar-refractivity contribution in [3.05, 3.63) is 50.8 Å². The van der Waals surface area contributed by atoms with Crippen molar-refractivity contribution >= 4 is 17.4 Å². The zero-order valence-electron chi connectivity index (χ0n) is 8.83. The Morgan fingerprint density at radius 3 is 2.75 bits per heavy atom. The van der Waals surface area contributed by atoms with E-state index in [0.717, 1.165) is 11.1 Å². The van der Waals surface area contributed by atoms with Crippen LogP contribution in [0.3, 0.4) is 0 Å². The van der Waals surface area contributed by atoms with Gasteiger partial charge in [-0.15, -0.1) is 0 Å². The van der Waals surface area contributed by atoms with Crippen LogP contribution in [0.1, 0.15) is 11.1 Å². The first kappa shape index (κ1) is 10.8. The summed E-state index contributed by atoms with van der Waals surface area (Å²) in [5.41, 5.74) is 7.32. The third-order valence-electron chi connectivity index (χ3n) is 2.39. The molecule has 0 bridgehead atoms. The monoisotopic (exact) mass is 237 g/mol. The fraction of sp³-hybridized carbons (Fsp3) is 0.182. The molecule has 16 heavy (non-hydrogen) atoms. The maximum absolute atomic E-state index is 11.4. The van der Waals surface area contributed by atoms with Crippen molar-refractivity contribution < 1.29 is 0 Å². The van der Waals surface area contributed by atoms with Crippen molar-refractivity contribution in [2.45, 2.75) is 13.5 Å². The van der Waals surface area contributed by atoms with Gasteiger partial charge in [-0.2, -0.15) is 0 Å². The smallest absolute Gasteiger partial charge is 0.268 e. The highest BCUT2D eigenvalue weighted by Crippen LogP contribution is 2.16. The molecule has 1 aromatic heterocycles. The lowest BCUT2D eigenvalue weighted by Gasteiger charge is -2.04. The van der Waals surface area contributed by atoms with Crippen LogP contribution in [0.2, 0.25) is 5.02 Å². The summed E-state index contributed by atoms with van der Waals surface area (Å²) in [5, 5.41) is 3.46. The Balaban J connectivity index is 2.30. The van der Waals surface area contributed by atoms with Gasteiger partial charge in [0, 0.05) is 11.1 Å². The molecule has 84 valence electrons. The zero-order valence-corrected chi connectivity index (χ0v) is 9.58. The van der Waals surface area contributed by atoms with Gasteiger partial charge in [-0.05, 0) is 24.1 Å². The van der Waals surface area contributed by atoms with E-state index in [1.165, 1.54) is 10.7 Å². The number of aromatic amines is 1. The number of nitrogens with one attached hydrogen (secondary N) is 1. The van der Waals surface area contributed by atoms with Crippen molar-refractivity contribution in [3.63, 3.8) is 0 Å². The van der Waals surface area contributed by atoms with Crippen molar-refractivity contribution in [2.75, 3.05) is 5.73 Å². The second-order valence-corrected chi connectivity index (χ2v) is 4.13. The van der Waals surface area contributed by atoms with Gasteiger partial charge in [0.2, 0.25) is 0 Å². The molecule has 0 spiro atoms. The van der Waals surface area contributed by atoms with Crippen LogP contribution in [0.25, 0.3) is 0 Å². The SMILES string of the molecule is Cc1ccc(Cn2[nH]c(N)cc2=O)cc1Cl. The van der Waals surface area contributed by atoms with E-state index in [1.807, 2.05) is 25.1 Å². The van der Waals surface area contributed by atoms with Crippen LogP contribution in [0.4, 0.5) is 5.82 Å². The minimum absolute atomic E-state index is 0.144. The molecule has 3 N–H and O–H groups in total. The van der Waals surface area contributed by atoms with E-state index < -0.39 is 0 Å². The van der Waals surface area contributed by atoms with Gasteiger partial charge in [-0.1, -0.05) is 23.7 Å². The van der Waals surface area contributed by atoms with Crippen LogP contribution >= 0.6 is 11.6 Å². The molecular weight excluding hydrogens is 226 g/mol. The average Bonchev–Trinajstić information content (AvgIpc) is 2.51. The van der Waals surface area contributed by atoms with Crippen molar-refractivity contribution in [1.29, 1.82) is 0 Å². The predicted molar refractivity (Wildman–Crippen MR) is 64.8 cm³/mol. The fourth-order valence-corrected chi connectivity index (χ4v) is 1.69. The van der Waals surface area contributed by atoms with Crippen LogP contribution in [0, 0.1) is 6.92 Å².